The highest BCUT2D eigenvalue weighted by molar-refractivity contribution is 7.80. The van der Waals surface area contributed by atoms with E-state index in [2.05, 4.69) is 23.3 Å². The third-order valence-corrected chi connectivity index (χ3v) is 5.15. The van der Waals surface area contributed by atoms with Gasteiger partial charge in [-0.15, -0.1) is 0 Å². The summed E-state index contributed by atoms with van der Waals surface area (Å²) in [5, 5.41) is 5.53. The number of aryl methyl sites for hydroxylation is 2. The van der Waals surface area contributed by atoms with Crippen LogP contribution in [0.1, 0.15) is 71.2 Å². The highest BCUT2D eigenvalue weighted by Crippen LogP contribution is 2.27. The molecule has 0 saturated carbocycles. The van der Waals surface area contributed by atoms with Crippen LogP contribution in [0.25, 0.3) is 0 Å². The number of nitrogens with zero attached hydrogens (tertiary/aromatic N) is 1. The molecule has 0 aliphatic heterocycles. The molecule has 0 fully saturated rings. The van der Waals surface area contributed by atoms with Gasteiger partial charge in [-0.3, -0.25) is 9.59 Å². The Morgan fingerprint density at radius 2 is 1.62 bits per heavy atom. The first-order valence-electron chi connectivity index (χ1n) is 11.0. The predicted molar refractivity (Wildman–Crippen MR) is 131 cm³/mol. The number of hydrogen-bond donors (Lipinski definition) is 3. The fourth-order valence-electron chi connectivity index (χ4n) is 3.23. The number of thiol groups is 1. The molecular weight excluding hydrogens is 426 g/mol. The molecule has 0 spiro atoms. The zero-order valence-corrected chi connectivity index (χ0v) is 21.7. The van der Waals surface area contributed by atoms with Crippen LogP contribution in [0.15, 0.2) is 18.2 Å². The molecule has 0 bridgehead atoms. The lowest BCUT2D eigenvalue weighted by molar-refractivity contribution is -0.144. The van der Waals surface area contributed by atoms with Gasteiger partial charge in [0, 0.05) is 17.8 Å². The number of rotatable bonds is 8. The molecule has 1 aromatic rings. The Kier molecular flexibility index (Phi) is 10.1. The summed E-state index contributed by atoms with van der Waals surface area (Å²) in [6, 6.07) is 3.53. The molecule has 1 rings (SSSR count). The van der Waals surface area contributed by atoms with Crippen LogP contribution in [0.5, 0.6) is 0 Å². The summed E-state index contributed by atoms with van der Waals surface area (Å²) < 4.78 is 5.30. The number of carbonyl (C=O) groups excluding carboxylic acids is 3. The summed E-state index contributed by atoms with van der Waals surface area (Å²) >= 11 is 4.28. The van der Waals surface area contributed by atoms with Gasteiger partial charge in [0.15, 0.2) is 0 Å². The summed E-state index contributed by atoms with van der Waals surface area (Å²) in [5.74, 6) is -0.615. The Morgan fingerprint density at radius 1 is 1.03 bits per heavy atom. The molecule has 0 aromatic heterocycles. The van der Waals surface area contributed by atoms with Crippen molar-refractivity contribution >= 4 is 30.5 Å². The fraction of sp³-hybridized carbons (Fsp3) is 0.625. The van der Waals surface area contributed by atoms with Gasteiger partial charge < -0.3 is 20.3 Å². The zero-order valence-electron chi connectivity index (χ0n) is 20.8. The van der Waals surface area contributed by atoms with Crippen molar-refractivity contribution in [3.63, 3.8) is 0 Å². The van der Waals surface area contributed by atoms with Gasteiger partial charge in [0.2, 0.25) is 11.8 Å². The Labute approximate surface area is 198 Å². The second-order valence-electron chi connectivity index (χ2n) is 9.63. The van der Waals surface area contributed by atoms with Gasteiger partial charge >= 0.3 is 6.09 Å². The van der Waals surface area contributed by atoms with E-state index in [4.69, 9.17) is 4.74 Å². The number of hydrogen-bond acceptors (Lipinski definition) is 5. The molecule has 0 aliphatic carbocycles. The minimum atomic E-state index is -0.948. The van der Waals surface area contributed by atoms with Crippen molar-refractivity contribution in [3.8, 4) is 0 Å². The van der Waals surface area contributed by atoms with Gasteiger partial charge in [0.05, 0.1) is 0 Å². The van der Waals surface area contributed by atoms with Crippen molar-refractivity contribution in [3.05, 3.63) is 34.9 Å². The van der Waals surface area contributed by atoms with Crippen molar-refractivity contribution in [1.29, 1.82) is 0 Å². The van der Waals surface area contributed by atoms with Crippen LogP contribution in [0.3, 0.4) is 0 Å². The van der Waals surface area contributed by atoms with Gasteiger partial charge in [-0.25, -0.2) is 4.79 Å². The van der Waals surface area contributed by atoms with E-state index in [0.717, 1.165) is 11.1 Å². The quantitative estimate of drug-likeness (QED) is 0.508. The third-order valence-electron chi connectivity index (χ3n) is 4.79. The molecule has 0 aliphatic rings. The molecule has 32 heavy (non-hydrogen) atoms. The fourth-order valence-corrected chi connectivity index (χ4v) is 3.48. The lowest BCUT2D eigenvalue weighted by Gasteiger charge is -2.37. The van der Waals surface area contributed by atoms with Crippen molar-refractivity contribution in [2.45, 2.75) is 92.1 Å². The Bertz CT molecular complexity index is 818. The van der Waals surface area contributed by atoms with Gasteiger partial charge in [-0.2, -0.15) is 12.6 Å². The van der Waals surface area contributed by atoms with Gasteiger partial charge in [0.25, 0.3) is 0 Å². The molecule has 8 heteroatoms. The first-order chi connectivity index (χ1) is 14.7. The van der Waals surface area contributed by atoms with Crippen LogP contribution in [0, 0.1) is 13.8 Å². The predicted octanol–water partition coefficient (Wildman–Crippen LogP) is 3.93. The van der Waals surface area contributed by atoms with E-state index >= 15 is 0 Å². The summed E-state index contributed by atoms with van der Waals surface area (Å²) in [7, 11) is 0. The maximum atomic E-state index is 13.6. The number of amides is 3. The second-order valence-corrected chi connectivity index (χ2v) is 10.00. The summed E-state index contributed by atoms with van der Waals surface area (Å²) in [4.78, 5) is 40.7. The Balaban J connectivity index is 3.39. The minimum absolute atomic E-state index is 0.0622. The van der Waals surface area contributed by atoms with Crippen LogP contribution in [0.2, 0.25) is 0 Å². The van der Waals surface area contributed by atoms with Crippen LogP contribution >= 0.6 is 12.6 Å². The largest absolute Gasteiger partial charge is 0.444 e. The van der Waals surface area contributed by atoms with Crippen LogP contribution in [-0.4, -0.2) is 52.3 Å². The number of carbonyl (C=O) groups is 3. The maximum Gasteiger partial charge on any atom is 0.408 e. The lowest BCUT2D eigenvalue weighted by Crippen LogP contribution is -2.56. The van der Waals surface area contributed by atoms with E-state index in [1.165, 1.54) is 4.90 Å². The van der Waals surface area contributed by atoms with Crippen LogP contribution in [0.4, 0.5) is 4.79 Å². The molecule has 0 heterocycles. The van der Waals surface area contributed by atoms with E-state index in [-0.39, 0.29) is 23.7 Å². The minimum Gasteiger partial charge on any atom is -0.444 e. The topological polar surface area (TPSA) is 87.7 Å². The van der Waals surface area contributed by atoms with E-state index in [9.17, 15) is 14.4 Å². The standard InChI is InChI=1S/C24H39N3O4S/c1-14(2)25-21(28)20(18-11-10-16(5)17(6)12-18)27(15(3)4)22(29)19(13-32)26-23(30)31-24(7,8)9/h10-12,14-15,19-20,32H,13H2,1-9H3,(H,25,28)(H,26,30). The van der Waals surface area contributed by atoms with Crippen molar-refractivity contribution in [1.82, 2.24) is 15.5 Å². The summed E-state index contributed by atoms with van der Waals surface area (Å²) in [6.07, 6.45) is -0.706. The first kappa shape index (κ1) is 27.8. The molecule has 180 valence electrons. The van der Waals surface area contributed by atoms with E-state index < -0.39 is 29.7 Å². The molecule has 1 aromatic carbocycles. The molecule has 0 radical (unpaired) electrons. The van der Waals surface area contributed by atoms with Crippen molar-refractivity contribution in [2.24, 2.45) is 0 Å². The number of benzene rings is 1. The smallest absolute Gasteiger partial charge is 0.408 e. The molecule has 2 unspecified atom stereocenters. The normalized spacial score (nSPS) is 13.5. The summed E-state index contributed by atoms with van der Waals surface area (Å²) in [6.45, 7) is 16.6. The van der Waals surface area contributed by atoms with E-state index in [0.29, 0.717) is 5.56 Å². The Morgan fingerprint density at radius 3 is 2.06 bits per heavy atom. The molecule has 2 atom stereocenters. The van der Waals surface area contributed by atoms with Crippen molar-refractivity contribution < 1.29 is 19.1 Å². The molecule has 0 saturated heterocycles. The first-order valence-corrected chi connectivity index (χ1v) is 11.6. The van der Waals surface area contributed by atoms with E-state index in [1.54, 1.807) is 20.8 Å². The molecule has 7 nitrogen and oxygen atoms in total. The molecular formula is C24H39N3O4S. The van der Waals surface area contributed by atoms with Gasteiger partial charge in [0.1, 0.15) is 17.7 Å². The highest BCUT2D eigenvalue weighted by Gasteiger charge is 2.37. The SMILES string of the molecule is Cc1ccc(C(C(=O)NC(C)C)N(C(=O)C(CS)NC(=O)OC(C)(C)C)C(C)C)cc1C. The van der Waals surface area contributed by atoms with Gasteiger partial charge in [-0.1, -0.05) is 18.2 Å². The van der Waals surface area contributed by atoms with Crippen LogP contribution < -0.4 is 10.6 Å². The summed E-state index contributed by atoms with van der Waals surface area (Å²) in [5.41, 5.74) is 2.13. The lowest BCUT2D eigenvalue weighted by atomic mass is 9.97. The van der Waals surface area contributed by atoms with Gasteiger partial charge in [-0.05, 0) is 79.0 Å². The number of alkyl carbamates (subject to hydrolysis) is 1. The number of nitrogens with one attached hydrogen (secondary N) is 2. The average molecular weight is 466 g/mol. The third kappa shape index (κ3) is 8.04. The van der Waals surface area contributed by atoms with E-state index in [1.807, 2.05) is 59.7 Å². The molecule has 3 amide bonds. The maximum absolute atomic E-state index is 13.6. The average Bonchev–Trinajstić information content (AvgIpc) is 2.63. The molecule has 2 N–H and O–H groups in total. The number of ether oxygens (including phenoxy) is 1. The second kappa shape index (κ2) is 11.6. The van der Waals surface area contributed by atoms with Crippen LogP contribution in [-0.2, 0) is 14.3 Å². The Hall–Kier alpha value is -2.22. The zero-order chi connectivity index (χ0) is 24.8. The monoisotopic (exact) mass is 465 g/mol. The van der Waals surface area contributed by atoms with Crippen molar-refractivity contribution in [2.75, 3.05) is 5.75 Å². The highest BCUT2D eigenvalue weighted by atomic mass is 32.1.